The van der Waals surface area contributed by atoms with E-state index in [2.05, 4.69) is 0 Å². The van der Waals surface area contributed by atoms with Crippen LogP contribution in [0.15, 0.2) is 0 Å². The Kier molecular flexibility index (Phi) is 4.08. The van der Waals surface area contributed by atoms with Crippen LogP contribution in [-0.4, -0.2) is 30.7 Å². The van der Waals surface area contributed by atoms with Crippen LogP contribution in [-0.2, 0) is 14.3 Å². The second kappa shape index (κ2) is 4.89. The fraction of sp³-hybridized carbons (Fsp3) is 0.909. The average molecular weight is 200 g/mol. The van der Waals surface area contributed by atoms with Gasteiger partial charge in [-0.2, -0.15) is 0 Å². The number of hydrogen-bond donors (Lipinski definition) is 0. The maximum absolute atomic E-state index is 10.9. The first-order chi connectivity index (χ1) is 6.47. The van der Waals surface area contributed by atoms with E-state index in [9.17, 15) is 4.79 Å². The second-order valence-electron chi connectivity index (χ2n) is 4.74. The van der Waals surface area contributed by atoms with Gasteiger partial charge in [0.15, 0.2) is 0 Å². The topological polar surface area (TPSA) is 35.5 Å². The molecule has 1 atom stereocenters. The fourth-order valence-corrected chi connectivity index (χ4v) is 1.48. The molecule has 0 aromatic rings. The van der Waals surface area contributed by atoms with Gasteiger partial charge >= 0.3 is 0 Å². The van der Waals surface area contributed by atoms with Gasteiger partial charge in [-0.1, -0.05) is 0 Å². The summed E-state index contributed by atoms with van der Waals surface area (Å²) in [7, 11) is 0. The van der Waals surface area contributed by atoms with Crippen molar-refractivity contribution >= 4 is 5.78 Å². The number of carbonyl (C=O) groups excluding carboxylic acids is 1. The van der Waals surface area contributed by atoms with E-state index in [0.717, 1.165) is 6.42 Å². The van der Waals surface area contributed by atoms with Crippen molar-refractivity contribution in [2.24, 2.45) is 0 Å². The summed E-state index contributed by atoms with van der Waals surface area (Å²) in [6.07, 6.45) is 2.31. The molecule has 3 heteroatoms. The molecule has 0 bridgehead atoms. The van der Waals surface area contributed by atoms with Crippen molar-refractivity contribution in [3.05, 3.63) is 0 Å². The van der Waals surface area contributed by atoms with Crippen LogP contribution in [0.25, 0.3) is 0 Å². The summed E-state index contributed by atoms with van der Waals surface area (Å²) in [5.74, 6) is 0.326. The van der Waals surface area contributed by atoms with E-state index in [1.807, 2.05) is 20.8 Å². The molecular weight excluding hydrogens is 180 g/mol. The highest BCUT2D eigenvalue weighted by Gasteiger charge is 2.22. The number of rotatable bonds is 4. The summed E-state index contributed by atoms with van der Waals surface area (Å²) in [4.78, 5) is 10.9. The summed E-state index contributed by atoms with van der Waals surface area (Å²) in [5.41, 5.74) is -0.102. The monoisotopic (exact) mass is 200 g/mol. The Morgan fingerprint density at radius 3 is 2.57 bits per heavy atom. The first kappa shape index (κ1) is 11.7. The van der Waals surface area contributed by atoms with E-state index in [1.165, 1.54) is 0 Å². The lowest BCUT2D eigenvalue weighted by atomic mass is 10.2. The molecule has 3 nitrogen and oxygen atoms in total. The fourth-order valence-electron chi connectivity index (χ4n) is 1.48. The van der Waals surface area contributed by atoms with Crippen molar-refractivity contribution in [1.82, 2.24) is 0 Å². The second-order valence-corrected chi connectivity index (χ2v) is 4.74. The molecule has 0 aliphatic heterocycles. The molecule has 1 rings (SSSR count). The maximum atomic E-state index is 10.9. The van der Waals surface area contributed by atoms with Gasteiger partial charge in [-0.25, -0.2) is 0 Å². The minimum Gasteiger partial charge on any atom is -0.375 e. The summed E-state index contributed by atoms with van der Waals surface area (Å²) < 4.78 is 11.0. The molecule has 0 aromatic heterocycles. The third-order valence-corrected chi connectivity index (χ3v) is 2.17. The van der Waals surface area contributed by atoms with Crippen molar-refractivity contribution in [1.29, 1.82) is 0 Å². The third kappa shape index (κ3) is 4.72. The first-order valence-electron chi connectivity index (χ1n) is 5.24. The highest BCUT2D eigenvalue weighted by molar-refractivity contribution is 5.81. The molecule has 1 unspecified atom stereocenters. The van der Waals surface area contributed by atoms with Crippen molar-refractivity contribution in [2.45, 2.75) is 51.7 Å². The van der Waals surface area contributed by atoms with E-state index in [1.54, 1.807) is 0 Å². The number of carbonyl (C=O) groups is 1. The smallest absolute Gasteiger partial charge is 0.135 e. The Balaban J connectivity index is 2.02. The normalized spacial score (nSPS) is 23.1. The van der Waals surface area contributed by atoms with Crippen LogP contribution < -0.4 is 0 Å². The number of Topliss-reactive ketones (excluding diaryl/α,β-unsaturated/α-hetero) is 1. The molecule has 1 saturated carbocycles. The molecule has 0 radical (unpaired) electrons. The molecular formula is C11H20O3. The van der Waals surface area contributed by atoms with Crippen LogP contribution in [0.5, 0.6) is 0 Å². The predicted molar refractivity (Wildman–Crippen MR) is 54.3 cm³/mol. The molecule has 0 spiro atoms. The molecule has 0 aromatic carbocycles. The van der Waals surface area contributed by atoms with Crippen molar-refractivity contribution in [3.63, 3.8) is 0 Å². The van der Waals surface area contributed by atoms with Crippen LogP contribution >= 0.6 is 0 Å². The first-order valence-corrected chi connectivity index (χ1v) is 5.24. The Morgan fingerprint density at radius 1 is 1.36 bits per heavy atom. The summed E-state index contributed by atoms with van der Waals surface area (Å²) >= 11 is 0. The van der Waals surface area contributed by atoms with Crippen LogP contribution in [0, 0.1) is 0 Å². The van der Waals surface area contributed by atoms with Gasteiger partial charge in [0.05, 0.1) is 24.9 Å². The zero-order valence-electron chi connectivity index (χ0n) is 9.34. The van der Waals surface area contributed by atoms with Crippen LogP contribution in [0.2, 0.25) is 0 Å². The molecule has 82 valence electrons. The molecule has 0 amide bonds. The molecule has 0 heterocycles. The van der Waals surface area contributed by atoms with Gasteiger partial charge in [0.25, 0.3) is 0 Å². The van der Waals surface area contributed by atoms with E-state index >= 15 is 0 Å². The number of ketones is 1. The standard InChI is InChI=1S/C11H20O3/c1-11(2,3)14-7-6-13-10-5-4-9(12)8-10/h10H,4-8H2,1-3H3. The molecule has 1 aliphatic carbocycles. The lowest BCUT2D eigenvalue weighted by Crippen LogP contribution is -2.23. The van der Waals surface area contributed by atoms with E-state index in [0.29, 0.717) is 31.8 Å². The van der Waals surface area contributed by atoms with Gasteiger partial charge < -0.3 is 9.47 Å². The highest BCUT2D eigenvalue weighted by Crippen LogP contribution is 2.17. The average Bonchev–Trinajstić information content (AvgIpc) is 2.44. The quantitative estimate of drug-likeness (QED) is 0.650. The van der Waals surface area contributed by atoms with Gasteiger partial charge in [0.2, 0.25) is 0 Å². The van der Waals surface area contributed by atoms with Crippen LogP contribution in [0.4, 0.5) is 0 Å². The molecule has 1 fully saturated rings. The van der Waals surface area contributed by atoms with Gasteiger partial charge in [-0.3, -0.25) is 4.79 Å². The lowest BCUT2D eigenvalue weighted by Gasteiger charge is -2.20. The SMILES string of the molecule is CC(C)(C)OCCOC1CCC(=O)C1. The Hall–Kier alpha value is -0.410. The number of ether oxygens (including phenoxy) is 2. The van der Waals surface area contributed by atoms with Crippen LogP contribution in [0.1, 0.15) is 40.0 Å². The zero-order valence-corrected chi connectivity index (χ0v) is 9.34. The van der Waals surface area contributed by atoms with Crippen molar-refractivity contribution in [3.8, 4) is 0 Å². The van der Waals surface area contributed by atoms with E-state index in [4.69, 9.17) is 9.47 Å². The van der Waals surface area contributed by atoms with Gasteiger partial charge in [-0.05, 0) is 27.2 Å². The van der Waals surface area contributed by atoms with Gasteiger partial charge in [-0.15, -0.1) is 0 Å². The van der Waals surface area contributed by atoms with Gasteiger partial charge in [0.1, 0.15) is 5.78 Å². The maximum Gasteiger partial charge on any atom is 0.135 e. The predicted octanol–water partition coefficient (Wildman–Crippen LogP) is 1.94. The molecule has 0 saturated heterocycles. The molecule has 0 N–H and O–H groups in total. The Labute approximate surface area is 85.8 Å². The van der Waals surface area contributed by atoms with Gasteiger partial charge in [0, 0.05) is 12.8 Å². The zero-order chi connectivity index (χ0) is 10.6. The minimum absolute atomic E-state index is 0.102. The summed E-state index contributed by atoms with van der Waals surface area (Å²) in [6, 6.07) is 0. The Bertz CT molecular complexity index is 193. The Morgan fingerprint density at radius 2 is 2.07 bits per heavy atom. The third-order valence-electron chi connectivity index (χ3n) is 2.17. The van der Waals surface area contributed by atoms with E-state index in [-0.39, 0.29) is 11.7 Å². The largest absolute Gasteiger partial charge is 0.375 e. The highest BCUT2D eigenvalue weighted by atomic mass is 16.5. The minimum atomic E-state index is -0.102. The lowest BCUT2D eigenvalue weighted by molar-refractivity contribution is -0.118. The molecule has 1 aliphatic rings. The molecule has 14 heavy (non-hydrogen) atoms. The summed E-state index contributed by atoms with van der Waals surface area (Å²) in [5, 5.41) is 0. The summed E-state index contributed by atoms with van der Waals surface area (Å²) in [6.45, 7) is 7.26. The number of hydrogen-bond acceptors (Lipinski definition) is 3. The van der Waals surface area contributed by atoms with Crippen molar-refractivity contribution in [2.75, 3.05) is 13.2 Å². The van der Waals surface area contributed by atoms with Crippen LogP contribution in [0.3, 0.4) is 0 Å². The van der Waals surface area contributed by atoms with E-state index < -0.39 is 0 Å². The van der Waals surface area contributed by atoms with Crippen molar-refractivity contribution < 1.29 is 14.3 Å².